The number of benzene rings is 1. The number of anilines is 2. The lowest BCUT2D eigenvalue weighted by Crippen LogP contribution is -2.17. The summed E-state index contributed by atoms with van der Waals surface area (Å²) >= 11 is 0. The van der Waals surface area contributed by atoms with Crippen molar-refractivity contribution in [2.45, 2.75) is 4.90 Å². The topological polar surface area (TPSA) is 161 Å². The predicted octanol–water partition coefficient (Wildman–Crippen LogP) is 0.0611. The van der Waals surface area contributed by atoms with E-state index in [4.69, 9.17) is 5.73 Å². The quantitative estimate of drug-likeness (QED) is 0.408. The van der Waals surface area contributed by atoms with Crippen LogP contribution in [0.2, 0.25) is 0 Å². The minimum Gasteiger partial charge on any atom is -0.399 e. The standard InChI is InChI=1S/C10H9N5O5S/c11-6-1-2-7(15(17)18)8(5-6)21(19,20)14-9-3-4-10(16)13-12-9/h1-5H,11H2,(H,12,14)(H,13,16). The van der Waals surface area contributed by atoms with Gasteiger partial charge in [0.2, 0.25) is 0 Å². The molecule has 4 N–H and O–H groups in total. The first-order valence-electron chi connectivity index (χ1n) is 5.42. The SMILES string of the molecule is Nc1ccc([N+](=O)[O-])c(S(=O)(=O)Nc2ccc(=O)[nH]n2)c1. The molecule has 0 aliphatic rings. The summed E-state index contributed by atoms with van der Waals surface area (Å²) in [4.78, 5) is 20.3. The molecular weight excluding hydrogens is 302 g/mol. The lowest BCUT2D eigenvalue weighted by molar-refractivity contribution is -0.387. The van der Waals surface area contributed by atoms with Gasteiger partial charge in [0.15, 0.2) is 10.7 Å². The number of nitro benzene ring substituents is 1. The van der Waals surface area contributed by atoms with E-state index in [0.717, 1.165) is 24.3 Å². The molecule has 1 aromatic carbocycles. The number of rotatable bonds is 4. The van der Waals surface area contributed by atoms with Gasteiger partial charge in [0.25, 0.3) is 21.3 Å². The number of aromatic amines is 1. The molecule has 21 heavy (non-hydrogen) atoms. The highest BCUT2D eigenvalue weighted by Crippen LogP contribution is 2.27. The Bertz CT molecular complexity index is 840. The molecule has 0 radical (unpaired) electrons. The highest BCUT2D eigenvalue weighted by Gasteiger charge is 2.26. The van der Waals surface area contributed by atoms with E-state index in [2.05, 4.69) is 5.10 Å². The molecule has 110 valence electrons. The van der Waals surface area contributed by atoms with Gasteiger partial charge in [0.1, 0.15) is 0 Å². The monoisotopic (exact) mass is 311 g/mol. The van der Waals surface area contributed by atoms with Crippen LogP contribution in [0.1, 0.15) is 0 Å². The second-order valence-corrected chi connectivity index (χ2v) is 5.55. The van der Waals surface area contributed by atoms with Crippen molar-refractivity contribution >= 4 is 27.2 Å². The highest BCUT2D eigenvalue weighted by molar-refractivity contribution is 7.92. The van der Waals surface area contributed by atoms with Crippen LogP contribution in [0.3, 0.4) is 0 Å². The fourth-order valence-electron chi connectivity index (χ4n) is 1.49. The van der Waals surface area contributed by atoms with Gasteiger partial charge in [-0.3, -0.25) is 19.6 Å². The van der Waals surface area contributed by atoms with E-state index in [1.54, 1.807) is 0 Å². The van der Waals surface area contributed by atoms with Gasteiger partial charge in [-0.05, 0) is 18.2 Å². The second-order valence-electron chi connectivity index (χ2n) is 3.90. The fourth-order valence-corrected chi connectivity index (χ4v) is 2.70. The number of nitrogen functional groups attached to an aromatic ring is 1. The van der Waals surface area contributed by atoms with E-state index in [0.29, 0.717) is 0 Å². The Balaban J connectivity index is 2.49. The summed E-state index contributed by atoms with van der Waals surface area (Å²) in [7, 11) is -4.28. The smallest absolute Gasteiger partial charge is 0.290 e. The van der Waals surface area contributed by atoms with Gasteiger partial charge in [-0.15, -0.1) is 0 Å². The van der Waals surface area contributed by atoms with E-state index in [1.165, 1.54) is 6.07 Å². The first-order valence-corrected chi connectivity index (χ1v) is 6.90. The molecule has 0 amide bonds. The average molecular weight is 311 g/mol. The lowest BCUT2D eigenvalue weighted by Gasteiger charge is -2.07. The summed E-state index contributed by atoms with van der Waals surface area (Å²) in [5.74, 6) is -0.189. The van der Waals surface area contributed by atoms with Crippen molar-refractivity contribution in [1.29, 1.82) is 0 Å². The minimum absolute atomic E-state index is 0.0513. The lowest BCUT2D eigenvalue weighted by atomic mass is 10.3. The number of H-pyrrole nitrogens is 1. The van der Waals surface area contributed by atoms with Crippen LogP contribution in [0.25, 0.3) is 0 Å². The van der Waals surface area contributed by atoms with Gasteiger partial charge in [-0.1, -0.05) is 0 Å². The second kappa shape index (κ2) is 5.20. The molecule has 11 heteroatoms. The summed E-state index contributed by atoms with van der Waals surface area (Å²) in [6, 6.07) is 5.35. The van der Waals surface area contributed by atoms with Crippen LogP contribution in [-0.2, 0) is 10.0 Å². The van der Waals surface area contributed by atoms with Crippen molar-refractivity contribution in [3.05, 3.63) is 50.8 Å². The third-order valence-electron chi connectivity index (χ3n) is 2.39. The predicted molar refractivity (Wildman–Crippen MR) is 73.2 cm³/mol. The first-order chi connectivity index (χ1) is 9.79. The number of hydrogen-bond acceptors (Lipinski definition) is 7. The van der Waals surface area contributed by atoms with Gasteiger partial charge in [-0.25, -0.2) is 13.5 Å². The number of sulfonamides is 1. The summed E-state index contributed by atoms with van der Waals surface area (Å²) in [6.45, 7) is 0. The molecular formula is C10H9N5O5S. The number of nitrogens with one attached hydrogen (secondary N) is 2. The molecule has 1 heterocycles. The van der Waals surface area contributed by atoms with Crippen LogP contribution in [0.15, 0.2) is 40.0 Å². The average Bonchev–Trinajstić information content (AvgIpc) is 2.41. The third-order valence-corrected chi connectivity index (χ3v) is 3.77. The molecule has 0 unspecified atom stereocenters. The summed E-state index contributed by atoms with van der Waals surface area (Å²) < 4.78 is 26.3. The van der Waals surface area contributed by atoms with Crippen molar-refractivity contribution in [2.24, 2.45) is 0 Å². The maximum atomic E-state index is 12.2. The Morgan fingerprint density at radius 1 is 1.29 bits per heavy atom. The van der Waals surface area contributed by atoms with E-state index in [1.807, 2.05) is 9.82 Å². The molecule has 10 nitrogen and oxygen atoms in total. The Morgan fingerprint density at radius 3 is 2.57 bits per heavy atom. The van der Waals surface area contributed by atoms with E-state index in [-0.39, 0.29) is 11.5 Å². The van der Waals surface area contributed by atoms with Gasteiger partial charge in [0.05, 0.1) is 4.92 Å². The Hall–Kier alpha value is -2.95. The Kier molecular flexibility index (Phi) is 3.58. The van der Waals surface area contributed by atoms with Gasteiger partial charge in [0, 0.05) is 17.8 Å². The Labute approximate surface area is 117 Å². The number of nitrogens with two attached hydrogens (primary N) is 1. The normalized spacial score (nSPS) is 11.0. The molecule has 2 aromatic rings. The van der Waals surface area contributed by atoms with Crippen LogP contribution in [0.5, 0.6) is 0 Å². The first kappa shape index (κ1) is 14.5. The van der Waals surface area contributed by atoms with E-state index < -0.39 is 31.1 Å². The van der Waals surface area contributed by atoms with Crippen molar-refractivity contribution in [2.75, 3.05) is 10.5 Å². The largest absolute Gasteiger partial charge is 0.399 e. The summed E-state index contributed by atoms with van der Waals surface area (Å²) in [6.07, 6.45) is 0. The van der Waals surface area contributed by atoms with Crippen LogP contribution >= 0.6 is 0 Å². The van der Waals surface area contributed by atoms with Crippen LogP contribution in [0, 0.1) is 10.1 Å². The fraction of sp³-hybridized carbons (Fsp3) is 0. The third kappa shape index (κ3) is 3.14. The zero-order chi connectivity index (χ0) is 15.6. The molecule has 0 bridgehead atoms. The van der Waals surface area contributed by atoms with Crippen LogP contribution < -0.4 is 16.0 Å². The van der Waals surface area contributed by atoms with E-state index in [9.17, 15) is 23.3 Å². The van der Waals surface area contributed by atoms with Crippen molar-refractivity contribution in [3.8, 4) is 0 Å². The maximum absolute atomic E-state index is 12.2. The van der Waals surface area contributed by atoms with Gasteiger partial charge in [-0.2, -0.15) is 5.10 Å². The maximum Gasteiger partial charge on any atom is 0.290 e. The van der Waals surface area contributed by atoms with Crippen molar-refractivity contribution in [1.82, 2.24) is 10.2 Å². The van der Waals surface area contributed by atoms with Crippen LogP contribution in [-0.4, -0.2) is 23.5 Å². The number of aromatic nitrogens is 2. The van der Waals surface area contributed by atoms with Gasteiger partial charge >= 0.3 is 0 Å². The molecule has 1 aromatic heterocycles. The number of hydrogen-bond donors (Lipinski definition) is 3. The molecule has 0 saturated carbocycles. The molecule has 0 saturated heterocycles. The number of nitro groups is 1. The molecule has 2 rings (SSSR count). The Morgan fingerprint density at radius 2 is 2.00 bits per heavy atom. The van der Waals surface area contributed by atoms with Crippen LogP contribution in [0.4, 0.5) is 17.2 Å². The van der Waals surface area contributed by atoms with Crippen molar-refractivity contribution < 1.29 is 13.3 Å². The summed E-state index contributed by atoms with van der Waals surface area (Å²) in [5, 5.41) is 16.4. The van der Waals surface area contributed by atoms with Crippen molar-refractivity contribution in [3.63, 3.8) is 0 Å². The highest BCUT2D eigenvalue weighted by atomic mass is 32.2. The molecule has 0 fully saturated rings. The minimum atomic E-state index is -4.28. The number of nitrogens with zero attached hydrogens (tertiary/aromatic N) is 2. The zero-order valence-electron chi connectivity index (χ0n) is 10.3. The summed E-state index contributed by atoms with van der Waals surface area (Å²) in [5.41, 5.74) is 4.37. The molecule has 0 atom stereocenters. The zero-order valence-corrected chi connectivity index (χ0v) is 11.1. The molecule has 0 aliphatic carbocycles. The molecule has 0 aliphatic heterocycles. The van der Waals surface area contributed by atoms with E-state index >= 15 is 0 Å². The molecule has 0 spiro atoms. The van der Waals surface area contributed by atoms with Gasteiger partial charge < -0.3 is 5.73 Å².